The van der Waals surface area contributed by atoms with Crippen molar-refractivity contribution in [1.82, 2.24) is 5.32 Å². The number of amides is 2. The Labute approximate surface area is 119 Å². The fraction of sp³-hybridized carbons (Fsp3) is 0.188. The molecule has 1 unspecified atom stereocenters. The monoisotopic (exact) mass is 269 g/mol. The van der Waals surface area contributed by atoms with E-state index in [9.17, 15) is 4.79 Å². The Hall–Kier alpha value is -2.49. The largest absolute Gasteiger partial charge is 0.397 e. The van der Waals surface area contributed by atoms with E-state index in [-0.39, 0.29) is 12.1 Å². The van der Waals surface area contributed by atoms with Crippen LogP contribution in [0.15, 0.2) is 54.6 Å². The highest BCUT2D eigenvalue weighted by atomic mass is 16.2. The predicted molar refractivity (Wildman–Crippen MR) is 82.5 cm³/mol. The van der Waals surface area contributed by atoms with Gasteiger partial charge in [-0.2, -0.15) is 0 Å². The summed E-state index contributed by atoms with van der Waals surface area (Å²) < 4.78 is 0. The number of hydrogen-bond donors (Lipinski definition) is 3. The Morgan fingerprint density at radius 2 is 1.75 bits per heavy atom. The van der Waals surface area contributed by atoms with E-state index in [1.54, 1.807) is 12.1 Å². The fourth-order valence-corrected chi connectivity index (χ4v) is 2.03. The van der Waals surface area contributed by atoms with Crippen molar-refractivity contribution in [2.75, 3.05) is 11.1 Å². The summed E-state index contributed by atoms with van der Waals surface area (Å²) in [6, 6.07) is 16.8. The first-order valence-electron chi connectivity index (χ1n) is 6.67. The Kier molecular flexibility index (Phi) is 4.60. The lowest BCUT2D eigenvalue weighted by molar-refractivity contribution is 0.248. The first-order valence-corrected chi connectivity index (χ1v) is 6.67. The summed E-state index contributed by atoms with van der Waals surface area (Å²) in [6.07, 6.45) is 0.821. The molecule has 104 valence electrons. The van der Waals surface area contributed by atoms with Crippen LogP contribution in [0.4, 0.5) is 16.2 Å². The Bertz CT molecular complexity index is 569. The van der Waals surface area contributed by atoms with Crippen molar-refractivity contribution in [2.24, 2.45) is 0 Å². The van der Waals surface area contributed by atoms with Crippen LogP contribution >= 0.6 is 0 Å². The summed E-state index contributed by atoms with van der Waals surface area (Å²) in [4.78, 5) is 12.0. The van der Waals surface area contributed by atoms with Crippen LogP contribution in [0.25, 0.3) is 0 Å². The van der Waals surface area contributed by atoms with Crippen molar-refractivity contribution in [3.8, 4) is 0 Å². The molecule has 0 aliphatic heterocycles. The highest BCUT2D eigenvalue weighted by Crippen LogP contribution is 2.18. The number of urea groups is 1. The van der Waals surface area contributed by atoms with E-state index in [1.807, 2.05) is 49.4 Å². The van der Waals surface area contributed by atoms with Crippen LogP contribution in [0.1, 0.15) is 24.9 Å². The second-order valence-electron chi connectivity index (χ2n) is 4.56. The van der Waals surface area contributed by atoms with E-state index >= 15 is 0 Å². The molecule has 0 saturated heterocycles. The molecule has 1 atom stereocenters. The van der Waals surface area contributed by atoms with E-state index in [0.717, 1.165) is 12.0 Å². The van der Waals surface area contributed by atoms with Crippen molar-refractivity contribution < 1.29 is 4.79 Å². The minimum Gasteiger partial charge on any atom is -0.397 e. The van der Waals surface area contributed by atoms with Gasteiger partial charge in [-0.05, 0) is 24.1 Å². The summed E-state index contributed by atoms with van der Waals surface area (Å²) in [5, 5.41) is 5.72. The Morgan fingerprint density at radius 1 is 1.10 bits per heavy atom. The number of carbonyl (C=O) groups excluding carboxylic acids is 1. The summed E-state index contributed by atoms with van der Waals surface area (Å²) in [5.41, 5.74) is 8.06. The molecule has 2 aromatic rings. The molecular weight excluding hydrogens is 250 g/mol. The van der Waals surface area contributed by atoms with E-state index in [4.69, 9.17) is 5.73 Å². The molecule has 2 rings (SSSR count). The fourth-order valence-electron chi connectivity index (χ4n) is 2.03. The molecule has 4 N–H and O–H groups in total. The molecule has 0 aromatic heterocycles. The van der Waals surface area contributed by atoms with Crippen LogP contribution in [-0.4, -0.2) is 6.03 Å². The van der Waals surface area contributed by atoms with Gasteiger partial charge in [-0.3, -0.25) is 0 Å². The maximum atomic E-state index is 12.0. The second-order valence-corrected chi connectivity index (χ2v) is 4.56. The third-order valence-electron chi connectivity index (χ3n) is 3.12. The number of carbonyl (C=O) groups is 1. The molecule has 0 aliphatic rings. The van der Waals surface area contributed by atoms with Crippen LogP contribution in [0.2, 0.25) is 0 Å². The van der Waals surface area contributed by atoms with Gasteiger partial charge in [0, 0.05) is 0 Å². The van der Waals surface area contributed by atoms with Crippen LogP contribution in [0, 0.1) is 0 Å². The highest BCUT2D eigenvalue weighted by Gasteiger charge is 2.12. The summed E-state index contributed by atoms with van der Waals surface area (Å²) in [5.74, 6) is 0. The zero-order chi connectivity index (χ0) is 14.4. The minimum absolute atomic E-state index is 0.0128. The van der Waals surface area contributed by atoms with Crippen LogP contribution in [0.3, 0.4) is 0 Å². The molecule has 4 nitrogen and oxygen atoms in total. The highest BCUT2D eigenvalue weighted by molar-refractivity contribution is 5.92. The summed E-state index contributed by atoms with van der Waals surface area (Å²) in [6.45, 7) is 2.04. The van der Waals surface area contributed by atoms with Gasteiger partial charge in [0.15, 0.2) is 0 Å². The molecule has 0 aliphatic carbocycles. The summed E-state index contributed by atoms with van der Waals surface area (Å²) in [7, 11) is 0. The van der Waals surface area contributed by atoms with Crippen molar-refractivity contribution in [1.29, 1.82) is 0 Å². The topological polar surface area (TPSA) is 67.2 Å². The summed E-state index contributed by atoms with van der Waals surface area (Å²) >= 11 is 0. The van der Waals surface area contributed by atoms with Gasteiger partial charge >= 0.3 is 6.03 Å². The molecule has 0 saturated carbocycles. The van der Waals surface area contributed by atoms with Gasteiger partial charge in [0.25, 0.3) is 0 Å². The van der Waals surface area contributed by atoms with Crippen molar-refractivity contribution in [2.45, 2.75) is 19.4 Å². The number of anilines is 2. The van der Waals surface area contributed by atoms with Gasteiger partial charge in [-0.15, -0.1) is 0 Å². The van der Waals surface area contributed by atoms with E-state index in [0.29, 0.717) is 11.4 Å². The molecule has 0 fully saturated rings. The number of benzene rings is 2. The number of nitrogens with two attached hydrogens (primary N) is 1. The van der Waals surface area contributed by atoms with Gasteiger partial charge in [0.1, 0.15) is 0 Å². The molecule has 2 amide bonds. The van der Waals surface area contributed by atoms with Crippen LogP contribution in [0.5, 0.6) is 0 Å². The number of nitrogen functional groups attached to an aromatic ring is 1. The first-order chi connectivity index (χ1) is 9.70. The third-order valence-corrected chi connectivity index (χ3v) is 3.12. The Morgan fingerprint density at radius 3 is 2.40 bits per heavy atom. The van der Waals surface area contributed by atoms with E-state index in [1.165, 1.54) is 0 Å². The van der Waals surface area contributed by atoms with Crippen molar-refractivity contribution in [3.05, 3.63) is 60.2 Å². The molecule has 20 heavy (non-hydrogen) atoms. The van der Waals surface area contributed by atoms with Crippen LogP contribution in [-0.2, 0) is 0 Å². The van der Waals surface area contributed by atoms with Crippen molar-refractivity contribution in [3.63, 3.8) is 0 Å². The van der Waals surface area contributed by atoms with E-state index < -0.39 is 0 Å². The van der Waals surface area contributed by atoms with Gasteiger partial charge in [0.05, 0.1) is 17.4 Å². The predicted octanol–water partition coefficient (Wildman–Crippen LogP) is 3.54. The second kappa shape index (κ2) is 6.61. The number of nitrogens with one attached hydrogen (secondary N) is 2. The SMILES string of the molecule is CCC(NC(=O)Nc1ccccc1N)c1ccccc1. The maximum absolute atomic E-state index is 12.0. The molecular formula is C16H19N3O. The standard InChI is InChI=1S/C16H19N3O/c1-2-14(12-8-4-3-5-9-12)18-16(20)19-15-11-7-6-10-13(15)17/h3-11,14H,2,17H2,1H3,(H2,18,19,20). The molecule has 4 heteroatoms. The lowest BCUT2D eigenvalue weighted by atomic mass is 10.1. The number of para-hydroxylation sites is 2. The smallest absolute Gasteiger partial charge is 0.319 e. The van der Waals surface area contributed by atoms with Crippen LogP contribution < -0.4 is 16.4 Å². The number of rotatable bonds is 4. The Balaban J connectivity index is 2.02. The molecule has 0 heterocycles. The molecule has 0 radical (unpaired) electrons. The average Bonchev–Trinajstić information content (AvgIpc) is 2.48. The number of hydrogen-bond acceptors (Lipinski definition) is 2. The molecule has 0 bridgehead atoms. The zero-order valence-electron chi connectivity index (χ0n) is 11.5. The van der Waals surface area contributed by atoms with Gasteiger partial charge < -0.3 is 16.4 Å². The first kappa shape index (κ1) is 13.9. The molecule has 2 aromatic carbocycles. The van der Waals surface area contributed by atoms with Gasteiger partial charge in [-0.25, -0.2) is 4.79 Å². The quantitative estimate of drug-likeness (QED) is 0.743. The molecule has 0 spiro atoms. The van der Waals surface area contributed by atoms with Gasteiger partial charge in [0.2, 0.25) is 0 Å². The normalized spacial score (nSPS) is 11.7. The zero-order valence-corrected chi connectivity index (χ0v) is 11.5. The van der Waals surface area contributed by atoms with Crippen molar-refractivity contribution >= 4 is 17.4 Å². The van der Waals surface area contributed by atoms with Gasteiger partial charge in [-0.1, -0.05) is 49.4 Å². The lowest BCUT2D eigenvalue weighted by Gasteiger charge is -2.18. The maximum Gasteiger partial charge on any atom is 0.319 e. The lowest BCUT2D eigenvalue weighted by Crippen LogP contribution is -2.32. The average molecular weight is 269 g/mol. The van der Waals surface area contributed by atoms with E-state index in [2.05, 4.69) is 10.6 Å². The third kappa shape index (κ3) is 3.51. The minimum atomic E-state index is -0.251.